The van der Waals surface area contributed by atoms with Crippen LogP contribution < -0.4 is 0 Å². The Morgan fingerprint density at radius 3 is 2.00 bits per heavy atom. The topological polar surface area (TPSA) is 119 Å². The average Bonchev–Trinajstić information content (AvgIpc) is 3.03. The molecule has 0 aromatic carbocycles. The molecule has 0 aromatic heterocycles. The molecule has 0 bridgehead atoms. The number of esters is 1. The van der Waals surface area contributed by atoms with Gasteiger partial charge in [0.15, 0.2) is 20.9 Å². The summed E-state index contributed by atoms with van der Waals surface area (Å²) in [4.78, 5) is 19.1. The minimum Gasteiger partial charge on any atom is -0.459 e. The first kappa shape index (κ1) is 49.7. The number of rotatable bonds is 8. The summed E-state index contributed by atoms with van der Waals surface area (Å²) in [7, 11) is 3.78. The van der Waals surface area contributed by atoms with Crippen molar-refractivity contribution >= 4 is 14.3 Å². The largest absolute Gasteiger partial charge is 0.459 e. The monoisotopic (exact) mass is 815 g/mol. The van der Waals surface area contributed by atoms with E-state index in [-0.39, 0.29) is 40.7 Å². The fourth-order valence-electron chi connectivity index (χ4n) is 9.53. The van der Waals surface area contributed by atoms with E-state index in [0.717, 1.165) is 12.8 Å². The molecule has 3 saturated heterocycles. The fourth-order valence-corrected chi connectivity index (χ4v) is 11.0. The van der Waals surface area contributed by atoms with Gasteiger partial charge in [0.2, 0.25) is 0 Å². The Kier molecular flexibility index (Phi) is 16.8. The van der Waals surface area contributed by atoms with Gasteiger partial charge in [0.25, 0.3) is 0 Å². The molecule has 0 spiro atoms. The van der Waals surface area contributed by atoms with Gasteiger partial charge in [-0.2, -0.15) is 0 Å². The van der Waals surface area contributed by atoms with Crippen molar-refractivity contribution in [2.75, 3.05) is 27.7 Å². The number of aliphatic hydroxyl groups is 2. The Hall–Kier alpha value is -0.673. The molecule has 56 heavy (non-hydrogen) atoms. The van der Waals surface area contributed by atoms with Gasteiger partial charge in [-0.1, -0.05) is 55.4 Å². The third-order valence-corrected chi connectivity index (χ3v) is 18.2. The van der Waals surface area contributed by atoms with E-state index < -0.39 is 74.3 Å². The number of nitrogens with zero attached hydrogens (tertiary/aromatic N) is 2. The Morgan fingerprint density at radius 1 is 0.875 bits per heavy atom. The van der Waals surface area contributed by atoms with Crippen molar-refractivity contribution in [3.63, 3.8) is 0 Å². The third-order valence-electron chi connectivity index (χ3n) is 13.8. The van der Waals surface area contributed by atoms with Crippen LogP contribution in [0.1, 0.15) is 135 Å². The predicted molar refractivity (Wildman–Crippen MR) is 226 cm³/mol. The van der Waals surface area contributed by atoms with Gasteiger partial charge in [-0.25, -0.2) is 0 Å². The first-order chi connectivity index (χ1) is 25.4. The van der Waals surface area contributed by atoms with Gasteiger partial charge >= 0.3 is 5.97 Å². The predicted octanol–water partition coefficient (Wildman–Crippen LogP) is 7.61. The van der Waals surface area contributed by atoms with E-state index >= 15 is 0 Å². The molecule has 0 aromatic rings. The molecule has 3 heterocycles. The van der Waals surface area contributed by atoms with Crippen LogP contribution in [0.25, 0.3) is 0 Å². The number of hydrogen-bond acceptors (Lipinski definition) is 11. The summed E-state index contributed by atoms with van der Waals surface area (Å²) >= 11 is 0. The summed E-state index contributed by atoms with van der Waals surface area (Å²) < 4.78 is 40.4. The van der Waals surface area contributed by atoms with Crippen molar-refractivity contribution in [3.05, 3.63) is 0 Å². The van der Waals surface area contributed by atoms with Crippen molar-refractivity contribution in [1.82, 2.24) is 9.80 Å². The highest BCUT2D eigenvalue weighted by Crippen LogP contribution is 2.43. The quantitative estimate of drug-likeness (QED) is 0.186. The van der Waals surface area contributed by atoms with Crippen LogP contribution >= 0.6 is 0 Å². The number of ether oxygens (including phenoxy) is 5. The molecular formula is C44H86N2O9Si. The van der Waals surface area contributed by atoms with Gasteiger partial charge in [0.05, 0.1) is 42.0 Å². The van der Waals surface area contributed by atoms with Crippen LogP contribution in [0.2, 0.25) is 18.1 Å². The van der Waals surface area contributed by atoms with Crippen LogP contribution in [0.3, 0.4) is 0 Å². The summed E-state index contributed by atoms with van der Waals surface area (Å²) in [5, 5.41) is 25.3. The van der Waals surface area contributed by atoms with E-state index in [9.17, 15) is 15.0 Å². The lowest BCUT2D eigenvalue weighted by atomic mass is 9.77. The smallest absolute Gasteiger partial charge is 0.311 e. The Morgan fingerprint density at radius 2 is 1.46 bits per heavy atom. The molecule has 3 rings (SSSR count). The molecule has 3 aliphatic rings. The zero-order valence-electron chi connectivity index (χ0n) is 39.1. The van der Waals surface area contributed by atoms with Crippen molar-refractivity contribution in [2.24, 2.45) is 23.2 Å². The van der Waals surface area contributed by atoms with Crippen LogP contribution in [0, 0.1) is 23.2 Å². The molecule has 0 radical (unpaired) electrons. The molecule has 11 nitrogen and oxygen atoms in total. The lowest BCUT2D eigenvalue weighted by Crippen LogP contribution is -2.63. The number of carbonyl (C=O) groups is 1. The highest BCUT2D eigenvalue weighted by molar-refractivity contribution is 6.74. The normalized spacial score (nSPS) is 43.2. The number of carbonyl (C=O) groups excluding carboxylic acids is 1. The number of hydrogen-bond donors (Lipinski definition) is 2. The standard InChI is InChI=1S/C44H86N2O9Si/c1-20-34-44(14,49)39(55-56(18,19)41(8,9)10)32(7)46(17)26-27(2)23-43(13,48)38(54-35-22-33(45(15)16)21-28(3)50-35)30(5)37(31(6)40(47)52-34)53-36-25-42(11,12)24-29(4)51-36/h27-39,48-49H,20-26H2,1-19H3/t27-,28-,29+,30+,31-,32-,33+,34-,35?,36?,37+,38-,39-,43-,44-/m1/s1. The van der Waals surface area contributed by atoms with Crippen LogP contribution in [0.15, 0.2) is 0 Å². The van der Waals surface area contributed by atoms with Crippen LogP contribution in [-0.4, -0.2) is 134 Å². The van der Waals surface area contributed by atoms with Gasteiger partial charge in [-0.05, 0) is 118 Å². The highest BCUT2D eigenvalue weighted by atomic mass is 28.4. The van der Waals surface area contributed by atoms with Crippen LogP contribution in [0.4, 0.5) is 0 Å². The molecule has 12 heteroatoms. The minimum atomic E-state index is -2.42. The zero-order chi connectivity index (χ0) is 42.9. The summed E-state index contributed by atoms with van der Waals surface area (Å²) in [6.45, 7) is 33.8. The SMILES string of the molecule is CC[C@H]1OC(=O)[C@H](C)[C@@H](OC2CC(C)(C)C[C@H](C)O2)[C@H](C)[C@@H](OC2C[C@@H](N(C)C)C[C@@H](C)O2)[C@](C)(O)C[C@@H](C)CN(C)[C@H](C)[C@@H](O[Si](C)(C)C(C)(C)C)[C@]1(C)O. The van der Waals surface area contributed by atoms with Gasteiger partial charge in [0, 0.05) is 37.4 Å². The summed E-state index contributed by atoms with van der Waals surface area (Å²) in [6.07, 6.45) is -0.389. The molecule has 3 fully saturated rings. The van der Waals surface area contributed by atoms with Crippen LogP contribution in [0.5, 0.6) is 0 Å². The van der Waals surface area contributed by atoms with E-state index in [1.807, 2.05) is 34.7 Å². The highest BCUT2D eigenvalue weighted by Gasteiger charge is 2.53. The number of cyclic esters (lactones) is 1. The second-order valence-corrected chi connectivity index (χ2v) is 26.2. The van der Waals surface area contributed by atoms with Crippen LogP contribution in [-0.2, 0) is 32.9 Å². The Balaban J connectivity index is 2.20. The fraction of sp³-hybridized carbons (Fsp3) is 0.977. The summed E-state index contributed by atoms with van der Waals surface area (Å²) in [6, 6.07) is -0.00125. The van der Waals surface area contributed by atoms with Crippen molar-refractivity contribution in [3.8, 4) is 0 Å². The average molecular weight is 815 g/mol. The number of likely N-dealkylation sites (N-methyl/N-ethyl adjacent to an activating group) is 1. The maximum Gasteiger partial charge on any atom is 0.311 e. The molecule has 330 valence electrons. The second kappa shape index (κ2) is 18.9. The molecule has 15 atom stereocenters. The Bertz CT molecular complexity index is 1260. The molecule has 2 unspecified atom stereocenters. The van der Waals surface area contributed by atoms with Crippen molar-refractivity contribution in [1.29, 1.82) is 0 Å². The van der Waals surface area contributed by atoms with Crippen molar-refractivity contribution < 1.29 is 43.1 Å². The van der Waals surface area contributed by atoms with Gasteiger partial charge in [0.1, 0.15) is 11.7 Å². The third kappa shape index (κ3) is 12.4. The second-order valence-electron chi connectivity index (χ2n) is 21.4. The van der Waals surface area contributed by atoms with Crippen molar-refractivity contribution in [2.45, 2.75) is 226 Å². The molecular weight excluding hydrogens is 729 g/mol. The maximum absolute atomic E-state index is 14.6. The molecule has 2 N–H and O–H groups in total. The van der Waals surface area contributed by atoms with E-state index in [4.69, 9.17) is 28.1 Å². The van der Waals surface area contributed by atoms with Gasteiger partial charge in [-0.15, -0.1) is 0 Å². The molecule has 3 aliphatic heterocycles. The maximum atomic E-state index is 14.6. The van der Waals surface area contributed by atoms with E-state index in [2.05, 4.69) is 99.3 Å². The summed E-state index contributed by atoms with van der Waals surface area (Å²) in [5.74, 6) is -1.77. The zero-order valence-corrected chi connectivity index (χ0v) is 40.1. The van der Waals surface area contributed by atoms with Gasteiger partial charge < -0.3 is 48.1 Å². The molecule has 0 amide bonds. The molecule has 0 aliphatic carbocycles. The Labute approximate surface area is 343 Å². The minimum absolute atomic E-state index is 0.0139. The first-order valence-corrected chi connectivity index (χ1v) is 24.6. The lowest BCUT2D eigenvalue weighted by molar-refractivity contribution is -0.287. The lowest BCUT2D eigenvalue weighted by Gasteiger charge is -2.49. The summed E-state index contributed by atoms with van der Waals surface area (Å²) in [5.41, 5.74) is -2.91. The first-order valence-electron chi connectivity index (χ1n) is 21.7. The van der Waals surface area contributed by atoms with E-state index in [0.29, 0.717) is 32.2 Å². The van der Waals surface area contributed by atoms with Gasteiger partial charge in [-0.3, -0.25) is 4.79 Å². The van der Waals surface area contributed by atoms with E-state index in [1.54, 1.807) is 6.92 Å². The van der Waals surface area contributed by atoms with E-state index in [1.165, 1.54) is 0 Å². The molecule has 0 saturated carbocycles.